The monoisotopic (exact) mass is 232 g/mol. The Morgan fingerprint density at radius 1 is 1.86 bits per heavy atom. The Morgan fingerprint density at radius 3 is 2.57 bits per heavy atom. The molecule has 1 unspecified atom stereocenters. The molecule has 0 aliphatic heterocycles. The standard InChI is InChI=1S/C5H10Br2/c1-5(7)3-2-4-6/h5H,2-4H2,1H3/i2D2,3D2. The summed E-state index contributed by atoms with van der Waals surface area (Å²) in [6, 6.07) is 0. The second kappa shape index (κ2) is 5.10. The molecule has 0 fully saturated rings. The highest BCUT2D eigenvalue weighted by molar-refractivity contribution is 9.09. The molecule has 0 amide bonds. The number of rotatable bonds is 3. The van der Waals surface area contributed by atoms with E-state index in [-0.39, 0.29) is 5.33 Å². The van der Waals surface area contributed by atoms with E-state index in [1.54, 1.807) is 6.92 Å². The highest BCUT2D eigenvalue weighted by atomic mass is 79.9. The molecule has 7 heavy (non-hydrogen) atoms. The zero-order valence-corrected chi connectivity index (χ0v) is 7.21. The van der Waals surface area contributed by atoms with E-state index >= 15 is 0 Å². The van der Waals surface area contributed by atoms with E-state index in [9.17, 15) is 0 Å². The van der Waals surface area contributed by atoms with Crippen molar-refractivity contribution in [2.75, 3.05) is 5.33 Å². The number of halogens is 2. The average Bonchev–Trinajstić information content (AvgIpc) is 1.87. The average molecular weight is 234 g/mol. The predicted octanol–water partition coefficient (Wildman–Crippen LogP) is 2.94. The summed E-state index contributed by atoms with van der Waals surface area (Å²) in [5, 5.41) is 0.00292. The number of hydrogen-bond acceptors (Lipinski definition) is 0. The zero-order chi connectivity index (χ0) is 9.28. The molecule has 1 atom stereocenters. The largest absolute Gasteiger partial charge is 0.0928 e. The van der Waals surface area contributed by atoms with Crippen molar-refractivity contribution < 1.29 is 5.48 Å². The summed E-state index contributed by atoms with van der Waals surface area (Å²) in [5.41, 5.74) is 0. The Morgan fingerprint density at radius 2 is 2.43 bits per heavy atom. The van der Waals surface area contributed by atoms with Crippen LogP contribution in [0.25, 0.3) is 0 Å². The van der Waals surface area contributed by atoms with E-state index in [2.05, 4.69) is 31.9 Å². The van der Waals surface area contributed by atoms with Crippen LogP contribution in [0.1, 0.15) is 25.2 Å². The molecule has 0 aliphatic carbocycles. The van der Waals surface area contributed by atoms with Gasteiger partial charge in [0.25, 0.3) is 0 Å². The maximum Gasteiger partial charge on any atom is 0.0278 e. The third-order valence-electron chi connectivity index (χ3n) is 0.368. The van der Waals surface area contributed by atoms with Crippen molar-refractivity contribution in [1.29, 1.82) is 0 Å². The molecule has 0 aromatic rings. The lowest BCUT2D eigenvalue weighted by Gasteiger charge is -1.96. The van der Waals surface area contributed by atoms with E-state index in [0.717, 1.165) is 0 Å². The van der Waals surface area contributed by atoms with Gasteiger partial charge in [-0.05, 0) is 12.7 Å². The van der Waals surface area contributed by atoms with Crippen LogP contribution in [0.15, 0.2) is 0 Å². The lowest BCUT2D eigenvalue weighted by molar-refractivity contribution is 0.807. The highest BCUT2D eigenvalue weighted by Gasteiger charge is 1.91. The smallest absolute Gasteiger partial charge is 0.0278 e. The predicted molar refractivity (Wildman–Crippen MR) is 41.4 cm³/mol. The number of alkyl halides is 2. The molecule has 0 saturated carbocycles. The molecule has 2 heteroatoms. The van der Waals surface area contributed by atoms with E-state index in [4.69, 9.17) is 5.48 Å². The van der Waals surface area contributed by atoms with Gasteiger partial charge in [0.2, 0.25) is 0 Å². The normalized spacial score (nSPS) is 26.7. The van der Waals surface area contributed by atoms with Crippen LogP contribution in [-0.2, 0) is 0 Å². The van der Waals surface area contributed by atoms with E-state index in [0.29, 0.717) is 0 Å². The summed E-state index contributed by atoms with van der Waals surface area (Å²) in [5.74, 6) is 0. The molecule has 0 N–H and O–H groups in total. The van der Waals surface area contributed by atoms with Crippen LogP contribution >= 0.6 is 31.9 Å². The molecule has 0 radical (unpaired) electrons. The Bertz CT molecular complexity index is 134. The van der Waals surface area contributed by atoms with Gasteiger partial charge < -0.3 is 0 Å². The maximum atomic E-state index is 7.40. The molecule has 0 rings (SSSR count). The third-order valence-corrected chi connectivity index (χ3v) is 0.877. The third kappa shape index (κ3) is 6.96. The van der Waals surface area contributed by atoms with Crippen molar-refractivity contribution in [3.05, 3.63) is 0 Å². The van der Waals surface area contributed by atoms with Crippen molar-refractivity contribution in [3.63, 3.8) is 0 Å². The van der Waals surface area contributed by atoms with Crippen LogP contribution in [0.4, 0.5) is 0 Å². The molecule has 0 heterocycles. The fourth-order valence-electron chi connectivity index (χ4n) is 0.179. The first-order valence-corrected chi connectivity index (χ1v) is 3.99. The minimum atomic E-state index is -1.85. The Balaban J connectivity index is 4.53. The van der Waals surface area contributed by atoms with Gasteiger partial charge in [-0.25, -0.2) is 0 Å². The molecule has 0 aliphatic rings. The first-order chi connectivity index (χ1) is 4.75. The summed E-state index contributed by atoms with van der Waals surface area (Å²) in [7, 11) is 0. The molecular weight excluding hydrogens is 220 g/mol. The summed E-state index contributed by atoms with van der Waals surface area (Å²) < 4.78 is 29.4. The molecule has 0 spiro atoms. The highest BCUT2D eigenvalue weighted by Crippen LogP contribution is 2.06. The van der Waals surface area contributed by atoms with Crippen LogP contribution in [-0.4, -0.2) is 10.2 Å². The van der Waals surface area contributed by atoms with Gasteiger partial charge in [-0.3, -0.25) is 0 Å². The minimum Gasteiger partial charge on any atom is -0.0928 e. The molecule has 44 valence electrons. The minimum absolute atomic E-state index is 0.00292. The first-order valence-electron chi connectivity index (χ1n) is 3.96. The topological polar surface area (TPSA) is 0 Å². The molecular formula is C5H10Br2. The summed E-state index contributed by atoms with van der Waals surface area (Å²) in [6.07, 6.45) is -3.69. The number of hydrogen-bond donors (Lipinski definition) is 0. The van der Waals surface area contributed by atoms with E-state index in [1.165, 1.54) is 0 Å². The second-order valence-corrected chi connectivity index (χ2v) is 3.00. The van der Waals surface area contributed by atoms with Gasteiger partial charge in [-0.2, -0.15) is 0 Å². The van der Waals surface area contributed by atoms with Crippen LogP contribution in [0.5, 0.6) is 0 Å². The molecule has 0 bridgehead atoms. The Labute approximate surface area is 67.6 Å². The van der Waals surface area contributed by atoms with Crippen LogP contribution in [0.2, 0.25) is 0 Å². The quantitative estimate of drug-likeness (QED) is 0.658. The second-order valence-electron chi connectivity index (χ2n) is 1.07. The molecule has 0 aromatic heterocycles. The van der Waals surface area contributed by atoms with Gasteiger partial charge in [0.1, 0.15) is 0 Å². The Hall–Kier alpha value is 0.960. The van der Waals surface area contributed by atoms with Crippen LogP contribution < -0.4 is 0 Å². The summed E-state index contributed by atoms with van der Waals surface area (Å²) >= 11 is 5.98. The Kier molecular flexibility index (Phi) is 2.34. The summed E-state index contributed by atoms with van der Waals surface area (Å²) in [6.45, 7) is 1.60. The van der Waals surface area contributed by atoms with Crippen LogP contribution in [0, 0.1) is 0 Å². The maximum absolute atomic E-state index is 7.40. The van der Waals surface area contributed by atoms with Crippen molar-refractivity contribution in [3.8, 4) is 0 Å². The first kappa shape index (κ1) is 3.21. The summed E-state index contributed by atoms with van der Waals surface area (Å²) in [4.78, 5) is -0.498. The lowest BCUT2D eigenvalue weighted by Crippen LogP contribution is -1.88. The molecule has 0 aromatic carbocycles. The zero-order valence-electron chi connectivity index (χ0n) is 8.04. The van der Waals surface area contributed by atoms with E-state index in [1.807, 2.05) is 0 Å². The van der Waals surface area contributed by atoms with Crippen molar-refractivity contribution >= 4 is 31.9 Å². The van der Waals surface area contributed by atoms with Gasteiger partial charge in [0.15, 0.2) is 0 Å². The lowest BCUT2D eigenvalue weighted by atomic mass is 10.3. The van der Waals surface area contributed by atoms with Crippen molar-refractivity contribution in [2.45, 2.75) is 24.5 Å². The van der Waals surface area contributed by atoms with E-state index < -0.39 is 17.6 Å². The van der Waals surface area contributed by atoms with Gasteiger partial charge in [0.05, 0.1) is 0 Å². The van der Waals surface area contributed by atoms with Gasteiger partial charge >= 0.3 is 0 Å². The fraction of sp³-hybridized carbons (Fsp3) is 1.00. The van der Waals surface area contributed by atoms with Crippen LogP contribution in [0.3, 0.4) is 0 Å². The van der Waals surface area contributed by atoms with Gasteiger partial charge in [-0.15, -0.1) is 0 Å². The fourth-order valence-corrected chi connectivity index (χ4v) is 0.503. The van der Waals surface area contributed by atoms with Gasteiger partial charge in [0, 0.05) is 15.6 Å². The molecule has 0 saturated heterocycles. The molecule has 0 nitrogen and oxygen atoms in total. The van der Waals surface area contributed by atoms with Crippen molar-refractivity contribution in [1.82, 2.24) is 0 Å². The SMILES string of the molecule is [2H]C([2H])(CBr)C([2H])([2H])C(C)Br. The van der Waals surface area contributed by atoms with Gasteiger partial charge in [-0.1, -0.05) is 38.8 Å². The van der Waals surface area contributed by atoms with Crippen molar-refractivity contribution in [2.24, 2.45) is 0 Å².